The van der Waals surface area contributed by atoms with Crippen LogP contribution >= 0.6 is 0 Å². The van der Waals surface area contributed by atoms with Crippen LogP contribution in [0.3, 0.4) is 0 Å². The summed E-state index contributed by atoms with van der Waals surface area (Å²) in [5.74, 6) is 1.01. The number of rotatable bonds is 7. The zero-order valence-corrected chi connectivity index (χ0v) is 14.5. The Balaban J connectivity index is 1.55. The van der Waals surface area contributed by atoms with Crippen LogP contribution in [0.4, 0.5) is 0 Å². The first-order valence-electron chi connectivity index (χ1n) is 7.70. The van der Waals surface area contributed by atoms with E-state index in [0.717, 1.165) is 16.7 Å². The Bertz CT molecular complexity index is 922. The molecule has 130 valence electrons. The summed E-state index contributed by atoms with van der Waals surface area (Å²) in [5, 5.41) is 3.85. The van der Waals surface area contributed by atoms with Crippen molar-refractivity contribution in [2.75, 3.05) is 0 Å². The molecule has 2 N–H and O–H groups in total. The van der Waals surface area contributed by atoms with E-state index in [1.165, 1.54) is 0 Å². The molecule has 1 aromatic heterocycles. The molecule has 0 unspecified atom stereocenters. The van der Waals surface area contributed by atoms with Crippen molar-refractivity contribution >= 4 is 10.2 Å². The Morgan fingerprint density at radius 1 is 0.920 bits per heavy atom. The molecule has 0 amide bonds. The maximum atomic E-state index is 12.0. The summed E-state index contributed by atoms with van der Waals surface area (Å²) in [4.78, 5) is 4.15. The molecule has 0 atom stereocenters. The summed E-state index contributed by atoms with van der Waals surface area (Å²) in [5.41, 5.74) is 2.53. The van der Waals surface area contributed by atoms with E-state index in [1.807, 2.05) is 54.6 Å². The van der Waals surface area contributed by atoms with Crippen molar-refractivity contribution < 1.29 is 12.9 Å². The van der Waals surface area contributed by atoms with E-state index in [4.69, 9.17) is 4.52 Å². The highest BCUT2D eigenvalue weighted by Crippen LogP contribution is 2.16. The van der Waals surface area contributed by atoms with Crippen LogP contribution in [-0.2, 0) is 23.3 Å². The Kier molecular flexibility index (Phi) is 5.22. The van der Waals surface area contributed by atoms with Gasteiger partial charge in [-0.15, -0.1) is 0 Å². The zero-order valence-electron chi connectivity index (χ0n) is 13.6. The van der Waals surface area contributed by atoms with Crippen LogP contribution in [0, 0.1) is 6.92 Å². The van der Waals surface area contributed by atoms with Crippen molar-refractivity contribution in [2.45, 2.75) is 20.0 Å². The smallest absolute Gasteiger partial charge is 0.277 e. The number of benzene rings is 2. The first-order valence-corrected chi connectivity index (χ1v) is 9.18. The van der Waals surface area contributed by atoms with Crippen molar-refractivity contribution in [2.24, 2.45) is 0 Å². The maximum absolute atomic E-state index is 12.0. The average Bonchev–Trinajstić information content (AvgIpc) is 3.06. The molecular weight excluding hydrogens is 340 g/mol. The largest absolute Gasteiger partial charge is 0.339 e. The van der Waals surface area contributed by atoms with Gasteiger partial charge in [0.05, 0.1) is 0 Å². The fourth-order valence-corrected chi connectivity index (χ4v) is 3.01. The highest BCUT2D eigenvalue weighted by Gasteiger charge is 2.10. The van der Waals surface area contributed by atoms with Crippen molar-refractivity contribution in [3.8, 4) is 11.4 Å². The van der Waals surface area contributed by atoms with Gasteiger partial charge in [0.2, 0.25) is 11.7 Å². The van der Waals surface area contributed by atoms with Crippen molar-refractivity contribution in [1.29, 1.82) is 0 Å². The van der Waals surface area contributed by atoms with E-state index in [0.29, 0.717) is 11.7 Å². The first-order chi connectivity index (χ1) is 12.0. The third-order valence-electron chi connectivity index (χ3n) is 3.52. The summed E-state index contributed by atoms with van der Waals surface area (Å²) >= 11 is 0. The SMILES string of the molecule is Cc1nc(-c2ccc(CNS(=O)(=O)NCc3ccccc3)cc2)no1. The standard InChI is InChI=1S/C17H18N4O3S/c1-13-20-17(21-24-13)16-9-7-15(8-10-16)12-19-25(22,23)18-11-14-5-3-2-4-6-14/h2-10,18-19H,11-12H2,1H3. The Labute approximate surface area is 146 Å². The molecule has 0 spiro atoms. The summed E-state index contributed by atoms with van der Waals surface area (Å²) in [7, 11) is -3.58. The minimum absolute atomic E-state index is 0.190. The quantitative estimate of drug-likeness (QED) is 0.675. The predicted molar refractivity (Wildman–Crippen MR) is 93.5 cm³/mol. The van der Waals surface area contributed by atoms with Crippen LogP contribution in [0.5, 0.6) is 0 Å². The second-order valence-electron chi connectivity index (χ2n) is 5.47. The fraction of sp³-hybridized carbons (Fsp3) is 0.176. The van der Waals surface area contributed by atoms with Crippen LogP contribution in [0.25, 0.3) is 11.4 Å². The van der Waals surface area contributed by atoms with E-state index >= 15 is 0 Å². The van der Waals surface area contributed by atoms with Gasteiger partial charge in [-0.05, 0) is 11.1 Å². The van der Waals surface area contributed by atoms with Gasteiger partial charge in [-0.25, -0.2) is 0 Å². The third kappa shape index (κ3) is 4.96. The molecule has 0 radical (unpaired) electrons. The van der Waals surface area contributed by atoms with E-state index in [-0.39, 0.29) is 13.1 Å². The molecule has 8 heteroatoms. The second kappa shape index (κ2) is 7.56. The van der Waals surface area contributed by atoms with Gasteiger partial charge in [0.1, 0.15) is 0 Å². The molecule has 3 aromatic rings. The number of hydrogen-bond donors (Lipinski definition) is 2. The summed E-state index contributed by atoms with van der Waals surface area (Å²) < 4.78 is 34.0. The Hall–Kier alpha value is -2.55. The topological polar surface area (TPSA) is 97.1 Å². The van der Waals surface area contributed by atoms with Gasteiger partial charge < -0.3 is 4.52 Å². The van der Waals surface area contributed by atoms with Gasteiger partial charge in [-0.3, -0.25) is 0 Å². The number of nitrogens with one attached hydrogen (secondary N) is 2. The first kappa shape index (κ1) is 17.3. The van der Waals surface area contributed by atoms with Gasteiger partial charge in [-0.2, -0.15) is 22.8 Å². The number of hydrogen-bond acceptors (Lipinski definition) is 5. The normalized spacial score (nSPS) is 11.6. The molecule has 0 bridgehead atoms. The summed E-state index contributed by atoms with van der Waals surface area (Å²) in [6.45, 7) is 2.16. The van der Waals surface area contributed by atoms with Crippen LogP contribution in [0.15, 0.2) is 59.1 Å². The van der Waals surface area contributed by atoms with Crippen molar-refractivity contribution in [3.05, 3.63) is 71.6 Å². The number of nitrogens with zero attached hydrogens (tertiary/aromatic N) is 2. The molecule has 7 nitrogen and oxygen atoms in total. The molecule has 1 heterocycles. The molecule has 0 aliphatic carbocycles. The molecular formula is C17H18N4O3S. The lowest BCUT2D eigenvalue weighted by molar-refractivity contribution is 0.394. The summed E-state index contributed by atoms with van der Waals surface area (Å²) in [6.07, 6.45) is 0. The number of aromatic nitrogens is 2. The molecule has 2 aromatic carbocycles. The lowest BCUT2D eigenvalue weighted by Crippen LogP contribution is -2.35. The van der Waals surface area contributed by atoms with Crippen LogP contribution in [-0.4, -0.2) is 18.6 Å². The molecule has 0 saturated carbocycles. The molecule has 0 saturated heterocycles. The van der Waals surface area contributed by atoms with E-state index in [1.54, 1.807) is 6.92 Å². The lowest BCUT2D eigenvalue weighted by Gasteiger charge is -2.08. The molecule has 0 aliphatic heterocycles. The minimum Gasteiger partial charge on any atom is -0.339 e. The van der Waals surface area contributed by atoms with Gasteiger partial charge in [0, 0.05) is 25.6 Å². The van der Waals surface area contributed by atoms with Gasteiger partial charge in [0.15, 0.2) is 0 Å². The predicted octanol–water partition coefficient (Wildman–Crippen LogP) is 2.17. The second-order valence-corrected chi connectivity index (χ2v) is 7.05. The highest BCUT2D eigenvalue weighted by molar-refractivity contribution is 7.87. The molecule has 25 heavy (non-hydrogen) atoms. The molecule has 3 rings (SSSR count). The lowest BCUT2D eigenvalue weighted by atomic mass is 10.1. The van der Waals surface area contributed by atoms with E-state index in [9.17, 15) is 8.42 Å². The van der Waals surface area contributed by atoms with Gasteiger partial charge >= 0.3 is 0 Å². The van der Waals surface area contributed by atoms with E-state index in [2.05, 4.69) is 19.6 Å². The van der Waals surface area contributed by atoms with Crippen molar-refractivity contribution in [1.82, 2.24) is 19.6 Å². The average molecular weight is 358 g/mol. The Morgan fingerprint density at radius 2 is 1.52 bits per heavy atom. The van der Waals surface area contributed by atoms with Gasteiger partial charge in [0.25, 0.3) is 10.2 Å². The third-order valence-corrected chi connectivity index (χ3v) is 4.56. The van der Waals surface area contributed by atoms with Crippen LogP contribution < -0.4 is 9.44 Å². The van der Waals surface area contributed by atoms with Crippen LogP contribution in [0.2, 0.25) is 0 Å². The minimum atomic E-state index is -3.58. The fourth-order valence-electron chi connectivity index (χ4n) is 2.19. The zero-order chi connectivity index (χ0) is 17.7. The van der Waals surface area contributed by atoms with Crippen LogP contribution in [0.1, 0.15) is 17.0 Å². The van der Waals surface area contributed by atoms with E-state index < -0.39 is 10.2 Å². The van der Waals surface area contributed by atoms with Crippen molar-refractivity contribution in [3.63, 3.8) is 0 Å². The maximum Gasteiger partial charge on any atom is 0.277 e. The number of aryl methyl sites for hydroxylation is 1. The molecule has 0 aliphatic rings. The Morgan fingerprint density at radius 3 is 2.08 bits per heavy atom. The van der Waals surface area contributed by atoms with Gasteiger partial charge in [-0.1, -0.05) is 59.8 Å². The summed E-state index contributed by atoms with van der Waals surface area (Å²) in [6, 6.07) is 16.6. The molecule has 0 fully saturated rings. The highest BCUT2D eigenvalue weighted by atomic mass is 32.2. The monoisotopic (exact) mass is 358 g/mol.